The molecule has 0 bridgehead atoms. The molecule has 1 saturated heterocycles. The van der Waals surface area contributed by atoms with Crippen LogP contribution in [0, 0.1) is 0 Å². The third-order valence-electron chi connectivity index (χ3n) is 5.50. The van der Waals surface area contributed by atoms with Crippen LogP contribution < -0.4 is 5.32 Å². The maximum atomic E-state index is 13.0. The van der Waals surface area contributed by atoms with Crippen molar-refractivity contribution in [2.75, 3.05) is 37.8 Å². The lowest BCUT2D eigenvalue weighted by atomic mass is 10.1. The lowest BCUT2D eigenvalue weighted by molar-refractivity contribution is 0.102. The average molecular weight is 482 g/mol. The van der Waals surface area contributed by atoms with Gasteiger partial charge in [0.05, 0.1) is 11.9 Å². The van der Waals surface area contributed by atoms with Crippen LogP contribution in [0.4, 0.5) is 5.69 Å². The highest BCUT2D eigenvalue weighted by Crippen LogP contribution is 2.33. The largest absolute Gasteiger partial charge is 0.321 e. The molecule has 33 heavy (non-hydrogen) atoms. The van der Waals surface area contributed by atoms with Crippen LogP contribution in [0.3, 0.4) is 0 Å². The van der Waals surface area contributed by atoms with Crippen molar-refractivity contribution in [2.24, 2.45) is 0 Å². The molecule has 6 nitrogen and oxygen atoms in total. The normalized spacial score (nSPS) is 15.3. The molecule has 1 amide bonds. The second kappa shape index (κ2) is 10.5. The molecule has 0 unspecified atom stereocenters. The fourth-order valence-corrected chi connectivity index (χ4v) is 5.51. The highest BCUT2D eigenvalue weighted by molar-refractivity contribution is 7.99. The van der Waals surface area contributed by atoms with Crippen LogP contribution in [0.2, 0.25) is 0 Å². The lowest BCUT2D eigenvalue weighted by Gasteiger charge is -2.33. The zero-order valence-electron chi connectivity index (χ0n) is 18.5. The van der Waals surface area contributed by atoms with E-state index in [2.05, 4.69) is 10.2 Å². The van der Waals surface area contributed by atoms with Gasteiger partial charge in [0, 0.05) is 48.1 Å². The molecule has 1 heterocycles. The fourth-order valence-electron chi connectivity index (χ4n) is 3.76. The molecule has 0 aliphatic carbocycles. The first-order valence-electron chi connectivity index (χ1n) is 10.8. The Morgan fingerprint density at radius 2 is 1.61 bits per heavy atom. The van der Waals surface area contributed by atoms with Gasteiger partial charge in [-0.25, -0.2) is 8.42 Å². The number of carbonyl (C=O) groups is 1. The summed E-state index contributed by atoms with van der Waals surface area (Å²) < 4.78 is 24.9. The number of para-hydroxylation sites is 1. The van der Waals surface area contributed by atoms with E-state index in [-0.39, 0.29) is 5.91 Å². The van der Waals surface area contributed by atoms with Gasteiger partial charge in [0.25, 0.3) is 5.91 Å². The van der Waals surface area contributed by atoms with Crippen molar-refractivity contribution >= 4 is 33.4 Å². The predicted octanol–water partition coefficient (Wildman–Crippen LogP) is 4.17. The number of anilines is 1. The Morgan fingerprint density at radius 1 is 0.909 bits per heavy atom. The zero-order chi connectivity index (χ0) is 23.3. The fraction of sp³-hybridized carbons (Fsp3) is 0.240. The minimum absolute atomic E-state index is 0.153. The summed E-state index contributed by atoms with van der Waals surface area (Å²) in [6.45, 7) is 3.02. The molecule has 4 rings (SSSR count). The van der Waals surface area contributed by atoms with Gasteiger partial charge in [-0.3, -0.25) is 9.69 Å². The van der Waals surface area contributed by atoms with Crippen molar-refractivity contribution in [1.82, 2.24) is 9.21 Å². The van der Waals surface area contributed by atoms with Crippen LogP contribution in [0.25, 0.3) is 0 Å². The van der Waals surface area contributed by atoms with E-state index in [0.717, 1.165) is 21.0 Å². The number of nitrogens with zero attached hydrogens (tertiary/aromatic N) is 2. The monoisotopic (exact) mass is 481 g/mol. The summed E-state index contributed by atoms with van der Waals surface area (Å²) in [5, 5.41) is 3.05. The Kier molecular flexibility index (Phi) is 7.49. The molecule has 172 valence electrons. The third-order valence-corrected chi connectivity index (χ3v) is 7.89. The standard InChI is InChI=1S/C25H27N3O3S2/c1-33(30,31)28-16-14-27(15-17-28)19-20-8-7-9-21(18-20)25(29)26-23-12-5-6-13-24(23)32-22-10-3-2-4-11-22/h2-13,18H,14-17,19H2,1H3,(H,26,29). The third kappa shape index (κ3) is 6.45. The van der Waals surface area contributed by atoms with Crippen LogP contribution in [0.1, 0.15) is 15.9 Å². The first kappa shape index (κ1) is 23.5. The van der Waals surface area contributed by atoms with Gasteiger partial charge in [0.1, 0.15) is 0 Å². The molecular formula is C25H27N3O3S2. The molecule has 0 saturated carbocycles. The summed E-state index contributed by atoms with van der Waals surface area (Å²) in [5.74, 6) is -0.153. The van der Waals surface area contributed by atoms with Crippen LogP contribution in [-0.2, 0) is 16.6 Å². The SMILES string of the molecule is CS(=O)(=O)N1CCN(Cc2cccc(C(=O)Nc3ccccc3Sc3ccccc3)c2)CC1. The quantitative estimate of drug-likeness (QED) is 0.549. The first-order valence-corrected chi connectivity index (χ1v) is 13.4. The van der Waals surface area contributed by atoms with Gasteiger partial charge in [0.2, 0.25) is 10.0 Å². The number of hydrogen-bond donors (Lipinski definition) is 1. The summed E-state index contributed by atoms with van der Waals surface area (Å²) in [4.78, 5) is 17.3. The number of carbonyl (C=O) groups excluding carboxylic acids is 1. The predicted molar refractivity (Wildman–Crippen MR) is 133 cm³/mol. The van der Waals surface area contributed by atoms with Crippen molar-refractivity contribution in [3.8, 4) is 0 Å². The van der Waals surface area contributed by atoms with Crippen LogP contribution in [0.15, 0.2) is 88.7 Å². The van der Waals surface area contributed by atoms with E-state index < -0.39 is 10.0 Å². The van der Waals surface area contributed by atoms with Gasteiger partial charge in [-0.1, -0.05) is 54.2 Å². The van der Waals surface area contributed by atoms with Gasteiger partial charge in [-0.15, -0.1) is 0 Å². The smallest absolute Gasteiger partial charge is 0.255 e. The summed E-state index contributed by atoms with van der Waals surface area (Å²) in [6, 6.07) is 25.5. The Bertz CT molecular complexity index is 1210. The number of rotatable bonds is 7. The van der Waals surface area contributed by atoms with Crippen LogP contribution in [-0.4, -0.2) is 56.0 Å². The Morgan fingerprint density at radius 3 is 2.33 bits per heavy atom. The minimum atomic E-state index is -3.14. The summed E-state index contributed by atoms with van der Waals surface area (Å²) in [6.07, 6.45) is 1.25. The Balaban J connectivity index is 1.41. The summed E-state index contributed by atoms with van der Waals surface area (Å²) in [7, 11) is -3.14. The molecule has 0 aromatic heterocycles. The van der Waals surface area contributed by atoms with E-state index in [0.29, 0.717) is 38.3 Å². The number of amides is 1. The molecule has 3 aromatic carbocycles. The van der Waals surface area contributed by atoms with Crippen molar-refractivity contribution < 1.29 is 13.2 Å². The lowest BCUT2D eigenvalue weighted by Crippen LogP contribution is -2.47. The van der Waals surface area contributed by atoms with Crippen molar-refractivity contribution in [2.45, 2.75) is 16.3 Å². The van der Waals surface area contributed by atoms with Gasteiger partial charge in [0.15, 0.2) is 0 Å². The molecular weight excluding hydrogens is 454 g/mol. The molecule has 8 heteroatoms. The molecule has 0 spiro atoms. The number of nitrogens with one attached hydrogen (secondary N) is 1. The molecule has 3 aromatic rings. The van der Waals surface area contributed by atoms with Gasteiger partial charge >= 0.3 is 0 Å². The second-order valence-electron chi connectivity index (χ2n) is 8.00. The summed E-state index contributed by atoms with van der Waals surface area (Å²) >= 11 is 1.61. The molecule has 1 fully saturated rings. The van der Waals surface area contributed by atoms with E-state index in [1.54, 1.807) is 11.8 Å². The average Bonchev–Trinajstić information content (AvgIpc) is 2.81. The molecule has 0 radical (unpaired) electrons. The highest BCUT2D eigenvalue weighted by atomic mass is 32.2. The van der Waals surface area contributed by atoms with Crippen LogP contribution >= 0.6 is 11.8 Å². The maximum absolute atomic E-state index is 13.0. The number of hydrogen-bond acceptors (Lipinski definition) is 5. The van der Waals surface area contributed by atoms with Crippen molar-refractivity contribution in [3.05, 3.63) is 90.0 Å². The van der Waals surface area contributed by atoms with E-state index >= 15 is 0 Å². The van der Waals surface area contributed by atoms with E-state index in [1.165, 1.54) is 10.6 Å². The van der Waals surface area contributed by atoms with Crippen LogP contribution in [0.5, 0.6) is 0 Å². The topological polar surface area (TPSA) is 69.7 Å². The molecule has 1 N–H and O–H groups in total. The zero-order valence-corrected chi connectivity index (χ0v) is 20.1. The molecule has 1 aliphatic rings. The molecule has 0 atom stereocenters. The molecule has 1 aliphatic heterocycles. The van der Waals surface area contributed by atoms with E-state index in [4.69, 9.17) is 0 Å². The Hall–Kier alpha value is -2.65. The van der Waals surface area contributed by atoms with Gasteiger partial charge in [-0.05, 0) is 42.0 Å². The minimum Gasteiger partial charge on any atom is -0.321 e. The second-order valence-corrected chi connectivity index (χ2v) is 11.1. The Labute approximate surface area is 199 Å². The van der Waals surface area contributed by atoms with Crippen molar-refractivity contribution in [3.63, 3.8) is 0 Å². The maximum Gasteiger partial charge on any atom is 0.255 e. The van der Waals surface area contributed by atoms with E-state index in [1.807, 2.05) is 78.9 Å². The highest BCUT2D eigenvalue weighted by Gasteiger charge is 2.23. The van der Waals surface area contributed by atoms with E-state index in [9.17, 15) is 13.2 Å². The number of benzene rings is 3. The number of piperazine rings is 1. The number of sulfonamides is 1. The van der Waals surface area contributed by atoms with Crippen molar-refractivity contribution in [1.29, 1.82) is 0 Å². The summed E-state index contributed by atoms with van der Waals surface area (Å²) in [5.41, 5.74) is 2.41. The van der Waals surface area contributed by atoms with Gasteiger partial charge in [-0.2, -0.15) is 4.31 Å². The first-order chi connectivity index (χ1) is 15.9. The van der Waals surface area contributed by atoms with Gasteiger partial charge < -0.3 is 5.32 Å².